The van der Waals surface area contributed by atoms with E-state index in [1.165, 1.54) is 0 Å². The third-order valence-corrected chi connectivity index (χ3v) is 7.33. The second-order valence-electron chi connectivity index (χ2n) is 9.02. The van der Waals surface area contributed by atoms with Gasteiger partial charge in [-0.05, 0) is 69.0 Å². The number of nitrogens with one attached hydrogen (secondary N) is 2. The van der Waals surface area contributed by atoms with Crippen LogP contribution in [0.5, 0.6) is 0 Å². The van der Waals surface area contributed by atoms with Gasteiger partial charge >= 0.3 is 6.09 Å². The molecule has 2 heterocycles. The van der Waals surface area contributed by atoms with E-state index >= 15 is 0 Å². The minimum absolute atomic E-state index is 0.146. The summed E-state index contributed by atoms with van der Waals surface area (Å²) in [4.78, 5) is 17.3. The lowest BCUT2D eigenvalue weighted by Crippen LogP contribution is -2.36. The van der Waals surface area contributed by atoms with Crippen LogP contribution in [-0.2, 0) is 27.7 Å². The number of sulfonamides is 1. The highest BCUT2D eigenvalue weighted by Gasteiger charge is 2.26. The Morgan fingerprint density at radius 1 is 1.12 bits per heavy atom. The summed E-state index contributed by atoms with van der Waals surface area (Å²) >= 11 is 12.4. The van der Waals surface area contributed by atoms with Crippen molar-refractivity contribution < 1.29 is 17.9 Å². The fourth-order valence-corrected chi connectivity index (χ4v) is 5.52. The molecule has 0 saturated heterocycles. The SMILES string of the molecule is CC(C)(C)OC(=O)N1CCCc2cc(S(=O)(=O)Nc3ccc(Cl)c4c(Cl)c[nH]c34)ccc2C1. The highest BCUT2D eigenvalue weighted by Crippen LogP contribution is 2.35. The molecule has 0 aliphatic carbocycles. The first-order valence-electron chi connectivity index (χ1n) is 10.5. The number of aromatic nitrogens is 1. The van der Waals surface area contributed by atoms with Crippen molar-refractivity contribution in [3.8, 4) is 0 Å². The largest absolute Gasteiger partial charge is 0.444 e. The van der Waals surface area contributed by atoms with E-state index in [1.54, 1.807) is 41.4 Å². The number of aromatic amines is 1. The van der Waals surface area contributed by atoms with Crippen molar-refractivity contribution in [3.05, 3.63) is 57.7 Å². The second kappa shape index (κ2) is 8.74. The van der Waals surface area contributed by atoms with E-state index in [9.17, 15) is 13.2 Å². The maximum absolute atomic E-state index is 13.2. The molecule has 4 rings (SSSR count). The van der Waals surface area contributed by atoms with Crippen molar-refractivity contribution in [3.63, 3.8) is 0 Å². The number of rotatable bonds is 3. The molecule has 1 aliphatic heterocycles. The monoisotopic (exact) mass is 509 g/mol. The molecular formula is C23H25Cl2N3O4S. The van der Waals surface area contributed by atoms with Crippen LogP contribution < -0.4 is 4.72 Å². The molecule has 0 saturated carbocycles. The number of H-pyrrole nitrogens is 1. The van der Waals surface area contributed by atoms with E-state index in [1.807, 2.05) is 20.8 Å². The Kier molecular flexibility index (Phi) is 6.28. The summed E-state index contributed by atoms with van der Waals surface area (Å²) in [5.41, 5.74) is 2.09. The predicted molar refractivity (Wildman–Crippen MR) is 131 cm³/mol. The van der Waals surface area contributed by atoms with Crippen molar-refractivity contribution >= 4 is 55.9 Å². The number of aryl methyl sites for hydroxylation is 1. The molecule has 1 amide bonds. The Morgan fingerprint density at radius 2 is 1.88 bits per heavy atom. The van der Waals surface area contributed by atoms with Gasteiger partial charge in [-0.2, -0.15) is 0 Å². The zero-order chi connectivity index (χ0) is 24.0. The van der Waals surface area contributed by atoms with Crippen LogP contribution in [0.1, 0.15) is 38.3 Å². The van der Waals surface area contributed by atoms with Crippen LogP contribution in [0.25, 0.3) is 10.9 Å². The van der Waals surface area contributed by atoms with Crippen LogP contribution in [-0.4, -0.2) is 36.5 Å². The Labute approximate surface area is 203 Å². The fraction of sp³-hybridized carbons (Fsp3) is 0.348. The number of ether oxygens (including phenoxy) is 1. The molecule has 10 heteroatoms. The maximum Gasteiger partial charge on any atom is 0.410 e. The normalized spacial score (nSPS) is 14.6. The van der Waals surface area contributed by atoms with Gasteiger partial charge in [-0.3, -0.25) is 4.72 Å². The number of benzene rings is 2. The molecule has 0 atom stereocenters. The highest BCUT2D eigenvalue weighted by molar-refractivity contribution is 7.92. The second-order valence-corrected chi connectivity index (χ2v) is 11.5. The van der Waals surface area contributed by atoms with Gasteiger partial charge in [-0.25, -0.2) is 13.2 Å². The van der Waals surface area contributed by atoms with Crippen LogP contribution in [0.2, 0.25) is 10.0 Å². The summed E-state index contributed by atoms with van der Waals surface area (Å²) in [6.45, 7) is 6.40. The van der Waals surface area contributed by atoms with E-state index in [0.29, 0.717) is 52.6 Å². The van der Waals surface area contributed by atoms with Crippen molar-refractivity contribution in [2.75, 3.05) is 11.3 Å². The molecular weight excluding hydrogens is 485 g/mol. The summed E-state index contributed by atoms with van der Waals surface area (Å²) in [6.07, 6.45) is 2.57. The standard InChI is InChI=1S/C23H25Cl2N3O4S/c1-23(2,3)32-22(29)28-10-4-5-14-11-16(7-6-15(14)13-28)33(30,31)27-19-9-8-17(24)20-18(25)12-26-21(19)20/h6-9,11-12,26-27H,4-5,10,13H2,1-3H3. The molecule has 176 valence electrons. The fourth-order valence-electron chi connectivity index (χ4n) is 3.84. The van der Waals surface area contributed by atoms with Gasteiger partial charge in [0.15, 0.2) is 0 Å². The number of halogens is 2. The summed E-state index contributed by atoms with van der Waals surface area (Å²) < 4.78 is 34.5. The quantitative estimate of drug-likeness (QED) is 0.455. The van der Waals surface area contributed by atoms with Crippen LogP contribution in [0.3, 0.4) is 0 Å². The summed E-state index contributed by atoms with van der Waals surface area (Å²) in [6, 6.07) is 8.18. The third kappa shape index (κ3) is 5.08. The Balaban J connectivity index is 1.59. The molecule has 0 radical (unpaired) electrons. The number of hydrogen-bond acceptors (Lipinski definition) is 4. The molecule has 2 aromatic carbocycles. The summed E-state index contributed by atoms with van der Waals surface area (Å²) in [5.74, 6) is 0. The molecule has 1 aromatic heterocycles. The molecule has 2 N–H and O–H groups in total. The predicted octanol–water partition coefficient (Wildman–Crippen LogP) is 5.96. The van der Waals surface area contributed by atoms with E-state index < -0.39 is 15.6 Å². The Bertz CT molecular complexity index is 1330. The average Bonchev–Trinajstić information content (AvgIpc) is 2.98. The van der Waals surface area contributed by atoms with Crippen molar-refractivity contribution in [2.45, 2.75) is 50.7 Å². The number of nitrogens with zero attached hydrogens (tertiary/aromatic N) is 1. The van der Waals surface area contributed by atoms with Gasteiger partial charge in [-0.15, -0.1) is 0 Å². The van der Waals surface area contributed by atoms with Gasteiger partial charge in [0.05, 0.1) is 26.1 Å². The zero-order valence-corrected chi connectivity index (χ0v) is 20.9. The minimum Gasteiger partial charge on any atom is -0.444 e. The first-order chi connectivity index (χ1) is 15.4. The lowest BCUT2D eigenvalue weighted by atomic mass is 10.0. The zero-order valence-electron chi connectivity index (χ0n) is 18.5. The first-order valence-corrected chi connectivity index (χ1v) is 12.8. The van der Waals surface area contributed by atoms with E-state index in [-0.39, 0.29) is 11.0 Å². The maximum atomic E-state index is 13.2. The van der Waals surface area contributed by atoms with Gasteiger partial charge in [0, 0.05) is 24.7 Å². The van der Waals surface area contributed by atoms with Gasteiger partial charge in [0.1, 0.15) is 5.60 Å². The van der Waals surface area contributed by atoms with Crippen LogP contribution in [0.15, 0.2) is 41.4 Å². The van der Waals surface area contributed by atoms with Gasteiger partial charge in [0.25, 0.3) is 10.0 Å². The Morgan fingerprint density at radius 3 is 2.61 bits per heavy atom. The van der Waals surface area contributed by atoms with E-state index in [2.05, 4.69) is 9.71 Å². The molecule has 0 unspecified atom stereocenters. The van der Waals surface area contributed by atoms with Crippen molar-refractivity contribution in [1.29, 1.82) is 0 Å². The molecule has 0 fully saturated rings. The number of anilines is 1. The van der Waals surface area contributed by atoms with Crippen LogP contribution >= 0.6 is 23.2 Å². The molecule has 33 heavy (non-hydrogen) atoms. The number of hydrogen-bond donors (Lipinski definition) is 2. The van der Waals surface area contributed by atoms with Crippen LogP contribution in [0, 0.1) is 0 Å². The van der Waals surface area contributed by atoms with Crippen molar-refractivity contribution in [2.24, 2.45) is 0 Å². The molecule has 1 aliphatic rings. The Hall–Kier alpha value is -2.42. The summed E-state index contributed by atoms with van der Waals surface area (Å²) in [7, 11) is -3.87. The molecule has 0 bridgehead atoms. The van der Waals surface area contributed by atoms with Crippen molar-refractivity contribution in [1.82, 2.24) is 9.88 Å². The van der Waals surface area contributed by atoms with Crippen LogP contribution in [0.4, 0.5) is 10.5 Å². The topological polar surface area (TPSA) is 91.5 Å². The van der Waals surface area contributed by atoms with Gasteiger partial charge in [-0.1, -0.05) is 29.3 Å². The third-order valence-electron chi connectivity index (χ3n) is 5.36. The van der Waals surface area contributed by atoms with E-state index in [0.717, 1.165) is 11.1 Å². The highest BCUT2D eigenvalue weighted by atomic mass is 35.5. The molecule has 0 spiro atoms. The number of carbonyl (C=O) groups is 1. The number of fused-ring (bicyclic) bond motifs is 2. The van der Waals surface area contributed by atoms with Gasteiger partial charge < -0.3 is 14.6 Å². The minimum atomic E-state index is -3.87. The van der Waals surface area contributed by atoms with E-state index in [4.69, 9.17) is 27.9 Å². The molecule has 7 nitrogen and oxygen atoms in total. The summed E-state index contributed by atoms with van der Waals surface area (Å²) in [5, 5.41) is 1.40. The lowest BCUT2D eigenvalue weighted by molar-refractivity contribution is 0.0237. The smallest absolute Gasteiger partial charge is 0.410 e. The lowest BCUT2D eigenvalue weighted by Gasteiger charge is -2.26. The average molecular weight is 510 g/mol. The molecule has 3 aromatic rings. The number of carbonyl (C=O) groups excluding carboxylic acids is 1. The first kappa shape index (κ1) is 23.7. The van der Waals surface area contributed by atoms with Gasteiger partial charge in [0.2, 0.25) is 0 Å². The number of amides is 1.